The van der Waals surface area contributed by atoms with Crippen LogP contribution in [0.2, 0.25) is 5.02 Å². The Hall–Kier alpha value is -1.38. The number of hydrazine groups is 2. The molecule has 0 aromatic heterocycles. The predicted octanol–water partition coefficient (Wildman–Crippen LogP) is 1.53. The Morgan fingerprint density at radius 3 is 2.36 bits per heavy atom. The summed E-state index contributed by atoms with van der Waals surface area (Å²) >= 11 is 11.8. The van der Waals surface area contributed by atoms with Gasteiger partial charge < -0.3 is 5.11 Å². The van der Waals surface area contributed by atoms with Crippen molar-refractivity contribution in [2.24, 2.45) is 5.84 Å². The molecule has 1 atom stereocenters. The van der Waals surface area contributed by atoms with Crippen LogP contribution in [0, 0.1) is 0 Å². The SMILES string of the molecule is CC(C)(CC(NN)C(=O)O)N(Cl)NC(=O)c1ccc(Cl)cc1. The van der Waals surface area contributed by atoms with Crippen molar-refractivity contribution in [3.63, 3.8) is 0 Å². The molecule has 1 unspecified atom stereocenters. The van der Waals surface area contributed by atoms with Crippen molar-refractivity contribution < 1.29 is 14.7 Å². The van der Waals surface area contributed by atoms with Gasteiger partial charge in [0.15, 0.2) is 0 Å². The number of carboxylic acid groups (broad SMARTS) is 1. The van der Waals surface area contributed by atoms with Crippen molar-refractivity contribution in [2.75, 3.05) is 0 Å². The Morgan fingerprint density at radius 1 is 1.36 bits per heavy atom. The number of halogens is 2. The number of rotatable bonds is 7. The van der Waals surface area contributed by atoms with Crippen LogP contribution in [0.4, 0.5) is 0 Å². The topological polar surface area (TPSA) is 108 Å². The molecule has 0 fully saturated rings. The van der Waals surface area contributed by atoms with Crippen LogP contribution >= 0.6 is 23.4 Å². The Labute approximate surface area is 138 Å². The van der Waals surface area contributed by atoms with E-state index in [1.54, 1.807) is 38.1 Å². The first-order valence-corrected chi connectivity index (χ1v) is 7.10. The zero-order chi connectivity index (χ0) is 16.9. The van der Waals surface area contributed by atoms with Crippen molar-refractivity contribution in [2.45, 2.75) is 31.8 Å². The van der Waals surface area contributed by atoms with Gasteiger partial charge in [0, 0.05) is 22.4 Å². The maximum absolute atomic E-state index is 12.1. The molecule has 1 aromatic carbocycles. The molecule has 0 spiro atoms. The average Bonchev–Trinajstić information content (AvgIpc) is 2.45. The van der Waals surface area contributed by atoms with Crippen LogP contribution in [0.15, 0.2) is 24.3 Å². The molecule has 0 saturated heterocycles. The minimum atomic E-state index is -1.11. The number of benzene rings is 1. The predicted molar refractivity (Wildman–Crippen MR) is 84.1 cm³/mol. The maximum atomic E-state index is 12.1. The molecule has 0 saturated carbocycles. The third-order valence-electron chi connectivity index (χ3n) is 3.04. The van der Waals surface area contributed by atoms with Crippen molar-refractivity contribution in [3.8, 4) is 0 Å². The molecule has 122 valence electrons. The summed E-state index contributed by atoms with van der Waals surface area (Å²) in [6, 6.07) is 5.27. The third-order valence-corrected chi connectivity index (χ3v) is 3.83. The highest BCUT2D eigenvalue weighted by molar-refractivity contribution is 6.30. The monoisotopic (exact) mass is 348 g/mol. The van der Waals surface area contributed by atoms with E-state index in [1.807, 2.05) is 0 Å². The molecule has 0 bridgehead atoms. The van der Waals surface area contributed by atoms with Crippen LogP contribution in [0.25, 0.3) is 0 Å². The van der Waals surface area contributed by atoms with E-state index in [4.69, 9.17) is 34.3 Å². The van der Waals surface area contributed by atoms with Gasteiger partial charge in [0.1, 0.15) is 6.04 Å². The lowest BCUT2D eigenvalue weighted by Crippen LogP contribution is -2.54. The molecule has 0 aliphatic carbocycles. The minimum absolute atomic E-state index is 0.0726. The minimum Gasteiger partial charge on any atom is -0.480 e. The van der Waals surface area contributed by atoms with E-state index in [2.05, 4.69) is 10.9 Å². The number of carbonyl (C=O) groups is 2. The molecule has 0 heterocycles. The Bertz CT molecular complexity index is 537. The Balaban J connectivity index is 2.73. The number of carbonyl (C=O) groups excluding carboxylic acids is 1. The van der Waals surface area contributed by atoms with Gasteiger partial charge in [-0.15, -0.1) is 4.53 Å². The second kappa shape index (κ2) is 7.75. The maximum Gasteiger partial charge on any atom is 0.322 e. The van der Waals surface area contributed by atoms with Gasteiger partial charge in [-0.3, -0.25) is 20.9 Å². The van der Waals surface area contributed by atoms with E-state index in [1.165, 1.54) is 0 Å². The van der Waals surface area contributed by atoms with Gasteiger partial charge in [0.2, 0.25) is 0 Å². The number of nitrogens with two attached hydrogens (primary N) is 1. The summed E-state index contributed by atoms with van der Waals surface area (Å²) in [4.78, 5) is 23.1. The second-order valence-corrected chi connectivity index (χ2v) is 6.08. The van der Waals surface area contributed by atoms with Gasteiger partial charge in [-0.1, -0.05) is 11.6 Å². The summed E-state index contributed by atoms with van der Waals surface area (Å²) in [5.41, 5.74) is 4.18. The van der Waals surface area contributed by atoms with Crippen LogP contribution in [0.3, 0.4) is 0 Å². The fraction of sp³-hybridized carbons (Fsp3) is 0.385. The molecule has 0 aliphatic heterocycles. The highest BCUT2D eigenvalue weighted by Gasteiger charge is 2.33. The highest BCUT2D eigenvalue weighted by Crippen LogP contribution is 2.21. The summed E-state index contributed by atoms with van der Waals surface area (Å²) in [5, 5.41) is 9.51. The van der Waals surface area contributed by atoms with Crippen LogP contribution < -0.4 is 16.7 Å². The second-order valence-electron chi connectivity index (χ2n) is 5.30. The number of nitrogens with one attached hydrogen (secondary N) is 2. The fourth-order valence-electron chi connectivity index (χ4n) is 1.70. The van der Waals surface area contributed by atoms with Crippen molar-refractivity contribution >= 4 is 35.3 Å². The van der Waals surface area contributed by atoms with E-state index in [0.717, 1.165) is 4.53 Å². The van der Waals surface area contributed by atoms with E-state index in [0.29, 0.717) is 10.6 Å². The molecule has 0 radical (unpaired) electrons. The smallest absolute Gasteiger partial charge is 0.322 e. The summed E-state index contributed by atoms with van der Waals surface area (Å²) in [7, 11) is 0. The van der Waals surface area contributed by atoms with E-state index in [9.17, 15) is 9.59 Å². The normalized spacial score (nSPS) is 13.0. The third kappa shape index (κ3) is 5.11. The Morgan fingerprint density at radius 2 is 1.91 bits per heavy atom. The highest BCUT2D eigenvalue weighted by atomic mass is 35.5. The van der Waals surface area contributed by atoms with E-state index in [-0.39, 0.29) is 6.42 Å². The lowest BCUT2D eigenvalue weighted by atomic mass is 9.96. The van der Waals surface area contributed by atoms with Crippen LogP contribution in [-0.4, -0.2) is 33.1 Å². The van der Waals surface area contributed by atoms with Gasteiger partial charge in [-0.05, 0) is 44.5 Å². The average molecular weight is 349 g/mol. The number of hydrogen-bond acceptors (Lipinski definition) is 5. The van der Waals surface area contributed by atoms with Gasteiger partial charge >= 0.3 is 5.97 Å². The van der Waals surface area contributed by atoms with Crippen molar-refractivity contribution in [1.29, 1.82) is 0 Å². The van der Waals surface area contributed by atoms with Crippen LogP contribution in [0.1, 0.15) is 30.6 Å². The number of hydrogen-bond donors (Lipinski definition) is 4. The molecule has 22 heavy (non-hydrogen) atoms. The molecule has 7 nitrogen and oxygen atoms in total. The molecular weight excluding hydrogens is 331 g/mol. The van der Waals surface area contributed by atoms with Gasteiger partial charge in [0.25, 0.3) is 5.91 Å². The lowest BCUT2D eigenvalue weighted by molar-refractivity contribution is -0.140. The lowest BCUT2D eigenvalue weighted by Gasteiger charge is -2.34. The summed E-state index contributed by atoms with van der Waals surface area (Å²) in [6.45, 7) is 3.35. The van der Waals surface area contributed by atoms with Crippen molar-refractivity contribution in [1.82, 2.24) is 15.4 Å². The first-order valence-electron chi connectivity index (χ1n) is 6.39. The zero-order valence-corrected chi connectivity index (χ0v) is 13.6. The van der Waals surface area contributed by atoms with Gasteiger partial charge in [-0.2, -0.15) is 0 Å². The molecule has 9 heteroatoms. The molecule has 5 N–H and O–H groups in total. The van der Waals surface area contributed by atoms with Crippen LogP contribution in [-0.2, 0) is 4.79 Å². The zero-order valence-electron chi connectivity index (χ0n) is 12.1. The summed E-state index contributed by atoms with van der Waals surface area (Å²) in [6.07, 6.45) is 0.0726. The van der Waals surface area contributed by atoms with Crippen molar-refractivity contribution in [3.05, 3.63) is 34.9 Å². The van der Waals surface area contributed by atoms with E-state index >= 15 is 0 Å². The standard InChI is InChI=1S/C13H18Cl2N4O3/c1-13(2,7-10(17-16)12(21)22)19(15)18-11(20)8-3-5-9(14)6-4-8/h3-6,10,17H,7,16H2,1-2H3,(H,18,20)(H,21,22). The largest absolute Gasteiger partial charge is 0.480 e. The van der Waals surface area contributed by atoms with Crippen LogP contribution in [0.5, 0.6) is 0 Å². The Kier molecular flexibility index (Phi) is 6.58. The quantitative estimate of drug-likeness (QED) is 0.338. The number of nitrogens with zero attached hydrogens (tertiary/aromatic N) is 1. The van der Waals surface area contributed by atoms with Gasteiger partial charge in [-0.25, -0.2) is 5.43 Å². The molecule has 1 rings (SSSR count). The number of carboxylic acids is 1. The van der Waals surface area contributed by atoms with Gasteiger partial charge in [0.05, 0.1) is 5.54 Å². The fourth-order valence-corrected chi connectivity index (χ4v) is 1.98. The molecular formula is C13H18Cl2N4O3. The summed E-state index contributed by atoms with van der Waals surface area (Å²) in [5.74, 6) is 3.65. The summed E-state index contributed by atoms with van der Waals surface area (Å²) < 4.78 is 1.04. The van der Waals surface area contributed by atoms with E-state index < -0.39 is 23.5 Å². The molecule has 0 aliphatic rings. The molecule has 1 amide bonds. The number of aliphatic carboxylic acids is 1. The first kappa shape index (κ1) is 18.7. The molecule has 1 aromatic rings. The number of amides is 1. The first-order chi connectivity index (χ1) is 10.2.